The predicted molar refractivity (Wildman–Crippen MR) is 77.8 cm³/mol. The number of fused-ring (bicyclic) bond motifs is 1. The normalized spacial score (nSPS) is 20.8. The van der Waals surface area contributed by atoms with Crippen molar-refractivity contribution in [1.29, 1.82) is 5.26 Å². The fraction of sp³-hybridized carbons (Fsp3) is 0.188. The zero-order chi connectivity index (χ0) is 20.1. The maximum atomic E-state index is 14.2. The number of ether oxygens (including phenoxy) is 1. The molecular formula is C16H6F7NO2S. The summed E-state index contributed by atoms with van der Waals surface area (Å²) in [7, 11) is -3.61. The van der Waals surface area contributed by atoms with Crippen LogP contribution in [0.1, 0.15) is 22.9 Å². The van der Waals surface area contributed by atoms with Crippen molar-refractivity contribution in [2.75, 3.05) is 0 Å². The Bertz CT molecular complexity index is 997. The molecule has 0 amide bonds. The molecule has 142 valence electrons. The zero-order valence-corrected chi connectivity index (χ0v) is 13.6. The second-order valence-electron chi connectivity index (χ2n) is 5.43. The summed E-state index contributed by atoms with van der Waals surface area (Å²) in [6.45, 7) is 0. The van der Waals surface area contributed by atoms with Crippen LogP contribution < -0.4 is 4.74 Å². The van der Waals surface area contributed by atoms with Gasteiger partial charge < -0.3 is 4.74 Å². The summed E-state index contributed by atoms with van der Waals surface area (Å²) in [4.78, 5) is -1.42. The van der Waals surface area contributed by atoms with Crippen molar-refractivity contribution in [2.45, 2.75) is 22.5 Å². The van der Waals surface area contributed by atoms with Crippen molar-refractivity contribution in [2.24, 2.45) is 0 Å². The number of hydrogen-bond acceptors (Lipinski definition) is 3. The van der Waals surface area contributed by atoms with Gasteiger partial charge in [0.25, 0.3) is 0 Å². The van der Waals surface area contributed by atoms with Gasteiger partial charge in [0.1, 0.15) is 28.1 Å². The van der Waals surface area contributed by atoms with Crippen molar-refractivity contribution in [3.05, 3.63) is 52.8 Å². The van der Waals surface area contributed by atoms with E-state index in [0.29, 0.717) is 12.1 Å². The van der Waals surface area contributed by atoms with Crippen LogP contribution >= 0.6 is 0 Å². The number of rotatable bonds is 2. The molecule has 0 unspecified atom stereocenters. The van der Waals surface area contributed by atoms with E-state index in [1.807, 2.05) is 0 Å². The topological polar surface area (TPSA) is 50.1 Å². The van der Waals surface area contributed by atoms with Gasteiger partial charge in [-0.25, -0.2) is 13.0 Å². The van der Waals surface area contributed by atoms with Crippen LogP contribution in [0.15, 0.2) is 35.2 Å². The maximum absolute atomic E-state index is 14.2. The molecule has 0 radical (unpaired) electrons. The second-order valence-corrected chi connectivity index (χ2v) is 6.92. The van der Waals surface area contributed by atoms with Gasteiger partial charge in [-0.2, -0.15) is 27.2 Å². The van der Waals surface area contributed by atoms with E-state index in [9.17, 15) is 34.9 Å². The lowest BCUT2D eigenvalue weighted by molar-refractivity contribution is -0.139. The van der Waals surface area contributed by atoms with E-state index in [0.717, 1.165) is 18.2 Å². The highest BCUT2D eigenvalue weighted by molar-refractivity contribution is 7.86. The minimum absolute atomic E-state index is 0.223. The minimum Gasteiger partial charge on any atom is -0.457 e. The van der Waals surface area contributed by atoms with E-state index in [-0.39, 0.29) is 5.56 Å². The predicted octanol–water partition coefficient (Wildman–Crippen LogP) is 5.23. The third-order valence-corrected chi connectivity index (χ3v) is 5.18. The lowest BCUT2D eigenvalue weighted by Gasteiger charge is -2.15. The van der Waals surface area contributed by atoms with Gasteiger partial charge in [0.2, 0.25) is 6.17 Å². The molecule has 0 bridgehead atoms. The van der Waals surface area contributed by atoms with Gasteiger partial charge in [0.05, 0.1) is 27.7 Å². The summed E-state index contributed by atoms with van der Waals surface area (Å²) >= 11 is 0. The van der Waals surface area contributed by atoms with Crippen LogP contribution in [0.3, 0.4) is 0 Å². The molecule has 1 aliphatic heterocycles. The smallest absolute Gasteiger partial charge is 0.417 e. The Hall–Kier alpha value is -2.61. The Kier molecular flexibility index (Phi) is 4.42. The molecule has 27 heavy (non-hydrogen) atoms. The number of benzene rings is 2. The third kappa shape index (κ3) is 3.14. The van der Waals surface area contributed by atoms with Crippen molar-refractivity contribution >= 4 is 10.8 Å². The van der Waals surface area contributed by atoms with Crippen LogP contribution in [0.2, 0.25) is 0 Å². The quantitative estimate of drug-likeness (QED) is 0.638. The Morgan fingerprint density at radius 3 is 2.44 bits per heavy atom. The second kappa shape index (κ2) is 6.23. The third-order valence-electron chi connectivity index (χ3n) is 3.67. The van der Waals surface area contributed by atoms with Gasteiger partial charge in [-0.15, -0.1) is 0 Å². The average Bonchev–Trinajstić information content (AvgIpc) is 2.75. The summed E-state index contributed by atoms with van der Waals surface area (Å²) in [5, 5.41) is 4.19. The van der Waals surface area contributed by atoms with E-state index < -0.39 is 61.7 Å². The van der Waals surface area contributed by atoms with Gasteiger partial charge in [-0.3, -0.25) is 0 Å². The van der Waals surface area contributed by atoms with Crippen LogP contribution in [0, 0.1) is 17.1 Å². The van der Waals surface area contributed by atoms with Crippen LogP contribution in [-0.4, -0.2) is 9.46 Å². The molecule has 3 nitrogen and oxygen atoms in total. The van der Waals surface area contributed by atoms with Crippen molar-refractivity contribution in [3.8, 4) is 17.6 Å². The summed E-state index contributed by atoms with van der Waals surface area (Å²) in [6, 6.07) is 5.02. The molecule has 2 aromatic carbocycles. The molecule has 0 aliphatic carbocycles. The lowest BCUT2D eigenvalue weighted by Crippen LogP contribution is -2.22. The standard InChI is InChI=1S/C16H6F7NO2S/c17-8-3-7(6-24)4-9(5-8)26-11-2-1-10(15(19,20)21)13-12(11)14(18)16(22,23)27(13)25/h1-5,14H/t14-,27-/m1/s1. The molecule has 2 aromatic rings. The van der Waals surface area contributed by atoms with Crippen molar-refractivity contribution in [1.82, 2.24) is 0 Å². The first-order valence-corrected chi connectivity index (χ1v) is 8.18. The van der Waals surface area contributed by atoms with Crippen LogP contribution in [0.25, 0.3) is 0 Å². The highest BCUT2D eigenvalue weighted by atomic mass is 32.2. The number of hydrogen-bond donors (Lipinski definition) is 0. The Labute approximate surface area is 149 Å². The van der Waals surface area contributed by atoms with E-state index in [2.05, 4.69) is 0 Å². The highest BCUT2D eigenvalue weighted by Crippen LogP contribution is 2.55. The monoisotopic (exact) mass is 409 g/mol. The molecule has 11 heteroatoms. The molecule has 2 atom stereocenters. The number of halogens is 7. The van der Waals surface area contributed by atoms with Crippen molar-refractivity contribution < 1.29 is 39.7 Å². The first-order valence-electron chi connectivity index (χ1n) is 7.03. The molecule has 0 aromatic heterocycles. The first-order chi connectivity index (χ1) is 12.5. The fourth-order valence-electron chi connectivity index (χ4n) is 2.54. The average molecular weight is 409 g/mol. The van der Waals surface area contributed by atoms with Gasteiger partial charge in [0.15, 0.2) is 0 Å². The Balaban J connectivity index is 2.19. The van der Waals surface area contributed by atoms with Crippen molar-refractivity contribution in [3.63, 3.8) is 0 Å². The van der Waals surface area contributed by atoms with E-state index in [1.54, 1.807) is 6.07 Å². The Morgan fingerprint density at radius 2 is 1.85 bits per heavy atom. The fourth-order valence-corrected chi connectivity index (χ4v) is 3.91. The minimum atomic E-state index is -5.16. The van der Waals surface area contributed by atoms with Gasteiger partial charge in [-0.1, -0.05) is 0 Å². The highest BCUT2D eigenvalue weighted by Gasteiger charge is 2.59. The van der Waals surface area contributed by atoms with Crippen LogP contribution in [0.5, 0.6) is 11.5 Å². The molecule has 0 saturated carbocycles. The largest absolute Gasteiger partial charge is 0.457 e. The van der Waals surface area contributed by atoms with Gasteiger partial charge >= 0.3 is 11.4 Å². The van der Waals surface area contributed by atoms with Gasteiger partial charge in [0, 0.05) is 6.07 Å². The SMILES string of the molecule is N#Cc1cc(F)cc(Oc2ccc(C(F)(F)F)c3c2[C@@H](F)C(F)(F)[S@@]3=O)c1. The lowest BCUT2D eigenvalue weighted by atomic mass is 10.0. The van der Waals surface area contributed by atoms with Crippen LogP contribution in [0.4, 0.5) is 30.7 Å². The maximum Gasteiger partial charge on any atom is 0.417 e. The summed E-state index contributed by atoms with van der Waals surface area (Å²) < 4.78 is 111. The van der Waals surface area contributed by atoms with E-state index >= 15 is 0 Å². The summed E-state index contributed by atoms with van der Waals surface area (Å²) in [5.41, 5.74) is -3.13. The van der Waals surface area contributed by atoms with E-state index in [1.165, 1.54) is 0 Å². The summed E-state index contributed by atoms with van der Waals surface area (Å²) in [6.07, 6.45) is -8.49. The molecule has 1 aliphatic rings. The zero-order valence-electron chi connectivity index (χ0n) is 12.8. The Morgan fingerprint density at radius 1 is 1.19 bits per heavy atom. The number of nitrogens with zero attached hydrogens (tertiary/aromatic N) is 1. The first kappa shape index (κ1) is 19.2. The molecule has 1 heterocycles. The van der Waals surface area contributed by atoms with Crippen LogP contribution in [-0.2, 0) is 17.0 Å². The summed E-state index contributed by atoms with van der Waals surface area (Å²) in [5.74, 6) is -2.16. The molecule has 0 N–H and O–H groups in total. The van der Waals surface area contributed by atoms with Gasteiger partial charge in [-0.05, 0) is 24.3 Å². The molecule has 0 saturated heterocycles. The number of alkyl halides is 6. The number of nitriles is 1. The molecule has 0 fully saturated rings. The molecule has 0 spiro atoms. The molecular weight excluding hydrogens is 403 g/mol. The molecule has 3 rings (SSSR count). The van der Waals surface area contributed by atoms with E-state index in [4.69, 9.17) is 10.00 Å².